The van der Waals surface area contributed by atoms with Crippen molar-refractivity contribution in [2.75, 3.05) is 0 Å². The van der Waals surface area contributed by atoms with E-state index in [1.807, 2.05) is 13.8 Å². The minimum atomic E-state index is -0.419. The normalized spacial score (nSPS) is 22.1. The van der Waals surface area contributed by atoms with Gasteiger partial charge in [0.25, 0.3) is 5.91 Å². The van der Waals surface area contributed by atoms with Crippen LogP contribution in [0, 0.1) is 17.3 Å². The SMILES string of the molecule is CC1(C)C(C=C(Cl)Cl)C1C(=O)NNC(=O)c1cccnc1. The van der Waals surface area contributed by atoms with E-state index >= 15 is 0 Å². The van der Waals surface area contributed by atoms with Crippen molar-refractivity contribution in [2.24, 2.45) is 17.3 Å². The van der Waals surface area contributed by atoms with Crippen LogP contribution in [0.1, 0.15) is 24.2 Å². The first kappa shape index (κ1) is 15.8. The molecule has 21 heavy (non-hydrogen) atoms. The number of hydrogen-bond acceptors (Lipinski definition) is 3. The second-order valence-corrected chi connectivity index (χ2v) is 6.47. The van der Waals surface area contributed by atoms with Gasteiger partial charge in [0.2, 0.25) is 5.91 Å². The topological polar surface area (TPSA) is 71.1 Å². The molecule has 2 atom stereocenters. The lowest BCUT2D eigenvalue weighted by Gasteiger charge is -2.07. The zero-order valence-electron chi connectivity index (χ0n) is 11.6. The molecule has 0 radical (unpaired) electrons. The van der Waals surface area contributed by atoms with Gasteiger partial charge in [0, 0.05) is 12.4 Å². The van der Waals surface area contributed by atoms with Gasteiger partial charge in [-0.1, -0.05) is 37.0 Å². The van der Waals surface area contributed by atoms with E-state index in [0.717, 1.165) is 0 Å². The number of nitrogens with one attached hydrogen (secondary N) is 2. The zero-order valence-corrected chi connectivity index (χ0v) is 13.1. The predicted molar refractivity (Wildman–Crippen MR) is 80.4 cm³/mol. The van der Waals surface area contributed by atoms with Gasteiger partial charge in [-0.3, -0.25) is 25.4 Å². The maximum Gasteiger partial charge on any atom is 0.271 e. The molecular formula is C14H15Cl2N3O2. The molecule has 0 aromatic carbocycles. The Morgan fingerprint density at radius 3 is 2.62 bits per heavy atom. The molecule has 112 valence electrons. The number of allylic oxidation sites excluding steroid dienone is 1. The Kier molecular flexibility index (Phi) is 4.54. The van der Waals surface area contributed by atoms with Crippen LogP contribution < -0.4 is 10.9 Å². The van der Waals surface area contributed by atoms with Gasteiger partial charge >= 0.3 is 0 Å². The van der Waals surface area contributed by atoms with Crippen LogP contribution in [0.3, 0.4) is 0 Å². The molecule has 2 unspecified atom stereocenters. The molecule has 1 saturated carbocycles. The maximum atomic E-state index is 12.1. The number of nitrogens with zero attached hydrogens (tertiary/aromatic N) is 1. The van der Waals surface area contributed by atoms with Crippen LogP contribution in [0.25, 0.3) is 0 Å². The molecule has 2 rings (SSSR count). The van der Waals surface area contributed by atoms with Crippen LogP contribution in [0.4, 0.5) is 0 Å². The average Bonchev–Trinajstić information content (AvgIpc) is 2.97. The van der Waals surface area contributed by atoms with Crippen molar-refractivity contribution in [1.29, 1.82) is 0 Å². The highest BCUT2D eigenvalue weighted by Crippen LogP contribution is 2.59. The first-order chi connectivity index (χ1) is 9.84. The first-order valence-electron chi connectivity index (χ1n) is 6.37. The monoisotopic (exact) mass is 327 g/mol. The molecule has 5 nitrogen and oxygen atoms in total. The van der Waals surface area contributed by atoms with E-state index in [9.17, 15) is 9.59 Å². The van der Waals surface area contributed by atoms with Crippen LogP contribution in [0.15, 0.2) is 35.1 Å². The number of carbonyl (C=O) groups excluding carboxylic acids is 2. The number of rotatable bonds is 3. The fourth-order valence-electron chi connectivity index (χ4n) is 2.39. The second kappa shape index (κ2) is 6.03. The Morgan fingerprint density at radius 2 is 2.05 bits per heavy atom. The molecule has 1 heterocycles. The van der Waals surface area contributed by atoms with E-state index in [1.54, 1.807) is 24.4 Å². The van der Waals surface area contributed by atoms with E-state index in [0.29, 0.717) is 5.56 Å². The number of halogens is 2. The van der Waals surface area contributed by atoms with Crippen molar-refractivity contribution in [3.8, 4) is 0 Å². The highest BCUT2D eigenvalue weighted by Gasteiger charge is 2.60. The Bertz CT molecular complexity index is 583. The molecule has 2 N–H and O–H groups in total. The number of amides is 2. The highest BCUT2D eigenvalue weighted by atomic mass is 35.5. The fraction of sp³-hybridized carbons (Fsp3) is 0.357. The van der Waals surface area contributed by atoms with Crippen LogP contribution in [0.2, 0.25) is 0 Å². The molecule has 0 bridgehead atoms. The van der Waals surface area contributed by atoms with Crippen LogP contribution in [-0.4, -0.2) is 16.8 Å². The van der Waals surface area contributed by atoms with Crippen molar-refractivity contribution in [2.45, 2.75) is 13.8 Å². The quantitative estimate of drug-likeness (QED) is 0.837. The molecule has 1 aliphatic carbocycles. The van der Waals surface area contributed by atoms with E-state index in [2.05, 4.69) is 15.8 Å². The van der Waals surface area contributed by atoms with Crippen LogP contribution in [0.5, 0.6) is 0 Å². The number of hydrogen-bond donors (Lipinski definition) is 2. The number of hydrazine groups is 1. The Hall–Kier alpha value is -1.59. The zero-order chi connectivity index (χ0) is 15.6. The lowest BCUT2D eigenvalue weighted by molar-refractivity contribution is -0.123. The molecule has 1 aromatic heterocycles. The number of aromatic nitrogens is 1. The largest absolute Gasteiger partial charge is 0.273 e. The minimum absolute atomic E-state index is 0.0437. The third-order valence-electron chi connectivity index (χ3n) is 3.72. The molecule has 2 amide bonds. The fourth-order valence-corrected chi connectivity index (χ4v) is 2.66. The summed E-state index contributed by atoms with van der Waals surface area (Å²) in [6.45, 7) is 3.89. The summed E-state index contributed by atoms with van der Waals surface area (Å²) in [5.74, 6) is -1.01. The molecule has 1 fully saturated rings. The summed E-state index contributed by atoms with van der Waals surface area (Å²) >= 11 is 11.3. The predicted octanol–water partition coefficient (Wildman–Crippen LogP) is 2.43. The molecule has 7 heteroatoms. The van der Waals surface area contributed by atoms with Crippen molar-refractivity contribution in [1.82, 2.24) is 15.8 Å². The van der Waals surface area contributed by atoms with Crippen molar-refractivity contribution in [3.05, 3.63) is 40.7 Å². The number of pyridine rings is 1. The van der Waals surface area contributed by atoms with Gasteiger partial charge in [-0.15, -0.1) is 0 Å². The lowest BCUT2D eigenvalue weighted by atomic mass is 10.1. The molecule has 0 spiro atoms. The van der Waals surface area contributed by atoms with Crippen molar-refractivity contribution >= 4 is 35.0 Å². The van der Waals surface area contributed by atoms with E-state index in [4.69, 9.17) is 23.2 Å². The van der Waals surface area contributed by atoms with Gasteiger partial charge < -0.3 is 0 Å². The van der Waals surface area contributed by atoms with Crippen molar-refractivity contribution < 1.29 is 9.59 Å². The van der Waals surface area contributed by atoms with E-state index in [-0.39, 0.29) is 27.6 Å². The van der Waals surface area contributed by atoms with E-state index < -0.39 is 5.91 Å². The number of carbonyl (C=O) groups is 2. The smallest absolute Gasteiger partial charge is 0.271 e. The summed E-state index contributed by atoms with van der Waals surface area (Å²) in [5, 5.41) is 0. The van der Waals surface area contributed by atoms with Crippen LogP contribution in [-0.2, 0) is 4.79 Å². The Balaban J connectivity index is 1.92. The summed E-state index contributed by atoms with van der Waals surface area (Å²) in [7, 11) is 0. The van der Waals surface area contributed by atoms with Gasteiger partial charge in [0.15, 0.2) is 0 Å². The third kappa shape index (κ3) is 3.54. The Morgan fingerprint density at radius 1 is 1.33 bits per heavy atom. The Labute approximate surface area is 132 Å². The summed E-state index contributed by atoms with van der Waals surface area (Å²) in [6.07, 6.45) is 4.63. The lowest BCUT2D eigenvalue weighted by Crippen LogP contribution is -2.43. The van der Waals surface area contributed by atoms with Gasteiger partial charge in [0.05, 0.1) is 11.5 Å². The van der Waals surface area contributed by atoms with Gasteiger partial charge in [-0.05, 0) is 29.5 Å². The molecule has 0 aliphatic heterocycles. The van der Waals surface area contributed by atoms with Gasteiger partial charge in [-0.25, -0.2) is 0 Å². The second-order valence-electron chi connectivity index (χ2n) is 5.47. The summed E-state index contributed by atoms with van der Waals surface area (Å²) < 4.78 is 0.141. The maximum absolute atomic E-state index is 12.1. The molecule has 0 saturated heterocycles. The highest BCUT2D eigenvalue weighted by molar-refractivity contribution is 6.55. The minimum Gasteiger partial charge on any atom is -0.273 e. The molecule has 1 aliphatic rings. The molecular weight excluding hydrogens is 313 g/mol. The standard InChI is InChI=1S/C14H15Cl2N3O2/c1-14(2)9(6-10(15)16)11(14)13(21)19-18-12(20)8-4-3-5-17-7-8/h3-7,9,11H,1-2H3,(H,18,20)(H,19,21). The van der Waals surface area contributed by atoms with Gasteiger partial charge in [-0.2, -0.15) is 0 Å². The third-order valence-corrected chi connectivity index (χ3v) is 3.97. The van der Waals surface area contributed by atoms with E-state index in [1.165, 1.54) is 6.20 Å². The van der Waals surface area contributed by atoms with Crippen LogP contribution >= 0.6 is 23.2 Å². The first-order valence-corrected chi connectivity index (χ1v) is 7.12. The van der Waals surface area contributed by atoms with Gasteiger partial charge in [0.1, 0.15) is 4.49 Å². The van der Waals surface area contributed by atoms with Crippen molar-refractivity contribution in [3.63, 3.8) is 0 Å². The summed E-state index contributed by atoms with van der Waals surface area (Å²) in [5.41, 5.74) is 4.92. The average molecular weight is 328 g/mol. The summed E-state index contributed by atoms with van der Waals surface area (Å²) in [4.78, 5) is 27.7. The molecule has 1 aromatic rings. The summed E-state index contributed by atoms with van der Waals surface area (Å²) in [6, 6.07) is 3.25.